The molecule has 1 amide bonds. The first-order valence-electron chi connectivity index (χ1n) is 7.51. The average molecular weight is 329 g/mol. The minimum absolute atomic E-state index is 0.197. The largest absolute Gasteiger partial charge is 0.309 e. The second-order valence-corrected chi connectivity index (χ2v) is 6.57. The number of halogens is 2. The van der Waals surface area contributed by atoms with Gasteiger partial charge in [0.05, 0.1) is 0 Å². The van der Waals surface area contributed by atoms with Gasteiger partial charge in [-0.2, -0.15) is 0 Å². The average Bonchev–Trinajstić information content (AvgIpc) is 2.88. The number of nitrogens with one attached hydrogen (secondary N) is 1. The van der Waals surface area contributed by atoms with Crippen molar-refractivity contribution in [2.45, 2.75) is 20.8 Å². The lowest BCUT2D eigenvalue weighted by molar-refractivity contribution is -0.123. The van der Waals surface area contributed by atoms with Crippen LogP contribution < -0.4 is 5.32 Å². The van der Waals surface area contributed by atoms with E-state index in [4.69, 9.17) is 0 Å². The zero-order chi connectivity index (χ0) is 17.5. The number of pyridine rings is 1. The minimum Gasteiger partial charge on any atom is -0.309 e. The molecule has 0 aliphatic carbocycles. The first-order chi connectivity index (χ1) is 11.3. The Morgan fingerprint density at radius 1 is 1.12 bits per heavy atom. The van der Waals surface area contributed by atoms with Crippen LogP contribution in [0.1, 0.15) is 20.8 Å². The van der Waals surface area contributed by atoms with Crippen molar-refractivity contribution in [2.24, 2.45) is 5.41 Å². The van der Waals surface area contributed by atoms with E-state index in [1.54, 1.807) is 43.5 Å². The molecule has 24 heavy (non-hydrogen) atoms. The number of hydrogen-bond acceptors (Lipinski definition) is 2. The number of imidazole rings is 1. The van der Waals surface area contributed by atoms with Gasteiger partial charge in [0.15, 0.2) is 11.6 Å². The summed E-state index contributed by atoms with van der Waals surface area (Å²) in [6.07, 6.45) is 1.75. The number of rotatable bonds is 2. The maximum atomic E-state index is 13.6. The lowest BCUT2D eigenvalue weighted by Crippen LogP contribution is -2.28. The van der Waals surface area contributed by atoms with Crippen LogP contribution in [0.3, 0.4) is 0 Å². The fourth-order valence-electron chi connectivity index (χ4n) is 2.26. The van der Waals surface area contributed by atoms with E-state index >= 15 is 0 Å². The Morgan fingerprint density at radius 3 is 2.54 bits per heavy atom. The molecule has 1 N–H and O–H groups in total. The first-order valence-corrected chi connectivity index (χ1v) is 7.51. The Bertz CT molecular complexity index is 926. The highest BCUT2D eigenvalue weighted by atomic mass is 19.2. The summed E-state index contributed by atoms with van der Waals surface area (Å²) in [5.74, 6) is -1.66. The minimum atomic E-state index is -0.961. The molecular weight excluding hydrogens is 312 g/mol. The van der Waals surface area contributed by atoms with Crippen molar-refractivity contribution >= 4 is 17.4 Å². The molecule has 0 spiro atoms. The third-order valence-corrected chi connectivity index (χ3v) is 3.64. The van der Waals surface area contributed by atoms with Crippen molar-refractivity contribution in [3.8, 4) is 11.3 Å². The van der Waals surface area contributed by atoms with E-state index in [1.807, 2.05) is 6.07 Å². The summed E-state index contributed by atoms with van der Waals surface area (Å²) >= 11 is 0. The van der Waals surface area contributed by atoms with Gasteiger partial charge in [0.25, 0.3) is 0 Å². The highest BCUT2D eigenvalue weighted by molar-refractivity contribution is 5.97. The number of aromatic nitrogens is 2. The van der Waals surface area contributed by atoms with Gasteiger partial charge in [-0.1, -0.05) is 26.8 Å². The molecule has 3 rings (SSSR count). The normalized spacial score (nSPS) is 11.7. The second-order valence-electron chi connectivity index (χ2n) is 6.57. The number of benzene rings is 1. The molecule has 0 fully saturated rings. The van der Waals surface area contributed by atoms with Crippen molar-refractivity contribution in [3.63, 3.8) is 0 Å². The van der Waals surface area contributed by atoms with Gasteiger partial charge < -0.3 is 5.32 Å². The molecule has 6 heteroatoms. The Labute approximate surface area is 138 Å². The number of anilines is 1. The van der Waals surface area contributed by atoms with Gasteiger partial charge in [-0.25, -0.2) is 13.8 Å². The second kappa shape index (κ2) is 5.70. The molecule has 2 aromatic heterocycles. The van der Waals surface area contributed by atoms with Gasteiger partial charge in [0, 0.05) is 17.2 Å². The van der Waals surface area contributed by atoms with Gasteiger partial charge in [-0.3, -0.25) is 9.20 Å². The van der Waals surface area contributed by atoms with Crippen molar-refractivity contribution < 1.29 is 13.6 Å². The molecule has 124 valence electrons. The summed E-state index contributed by atoms with van der Waals surface area (Å²) in [5, 5.41) is 2.85. The number of fused-ring (bicyclic) bond motifs is 1. The fourth-order valence-corrected chi connectivity index (χ4v) is 2.26. The van der Waals surface area contributed by atoms with Crippen LogP contribution in [0, 0.1) is 17.0 Å². The Balaban J connectivity index is 2.18. The highest BCUT2D eigenvalue weighted by Crippen LogP contribution is 2.31. The van der Waals surface area contributed by atoms with Crippen LogP contribution in [-0.4, -0.2) is 15.3 Å². The number of nitrogens with zero attached hydrogens (tertiary/aromatic N) is 2. The van der Waals surface area contributed by atoms with E-state index in [1.165, 1.54) is 6.07 Å². The molecule has 0 unspecified atom stereocenters. The maximum Gasteiger partial charge on any atom is 0.230 e. The fraction of sp³-hybridized carbons (Fsp3) is 0.222. The third-order valence-electron chi connectivity index (χ3n) is 3.64. The molecule has 1 aromatic carbocycles. The van der Waals surface area contributed by atoms with Crippen molar-refractivity contribution in [2.75, 3.05) is 5.32 Å². The predicted molar refractivity (Wildman–Crippen MR) is 88.6 cm³/mol. The van der Waals surface area contributed by atoms with Gasteiger partial charge in [0.1, 0.15) is 17.2 Å². The molecule has 3 aromatic rings. The summed E-state index contributed by atoms with van der Waals surface area (Å²) in [6, 6.07) is 8.94. The molecule has 0 bridgehead atoms. The highest BCUT2D eigenvalue weighted by Gasteiger charge is 2.25. The maximum absolute atomic E-state index is 13.6. The van der Waals surface area contributed by atoms with Crippen molar-refractivity contribution in [1.29, 1.82) is 0 Å². The van der Waals surface area contributed by atoms with E-state index in [9.17, 15) is 13.6 Å². The lowest BCUT2D eigenvalue weighted by Gasteiger charge is -2.18. The molecule has 0 saturated heterocycles. The molecule has 4 nitrogen and oxygen atoms in total. The lowest BCUT2D eigenvalue weighted by atomic mass is 9.95. The molecule has 0 aliphatic rings. The first kappa shape index (κ1) is 16.1. The van der Waals surface area contributed by atoms with Gasteiger partial charge >= 0.3 is 0 Å². The van der Waals surface area contributed by atoms with Crippen LogP contribution in [0.15, 0.2) is 42.6 Å². The van der Waals surface area contributed by atoms with E-state index in [2.05, 4.69) is 10.3 Å². The van der Waals surface area contributed by atoms with E-state index in [0.717, 1.165) is 12.1 Å². The standard InChI is InChI=1S/C18H17F2N3O/c1-18(2,3)17(24)22-16-15(11-7-8-12(19)13(20)10-11)21-14-6-4-5-9-23(14)16/h4-10H,1-3H3,(H,22,24). The van der Waals surface area contributed by atoms with Crippen LogP contribution in [0.5, 0.6) is 0 Å². The quantitative estimate of drug-likeness (QED) is 0.763. The van der Waals surface area contributed by atoms with Crippen LogP contribution in [-0.2, 0) is 4.79 Å². The topological polar surface area (TPSA) is 46.4 Å². The van der Waals surface area contributed by atoms with Crippen LogP contribution in [0.4, 0.5) is 14.6 Å². The molecular formula is C18H17F2N3O. The predicted octanol–water partition coefficient (Wildman–Crippen LogP) is 4.26. The number of hydrogen-bond donors (Lipinski definition) is 1. The number of carbonyl (C=O) groups is 1. The zero-order valence-corrected chi connectivity index (χ0v) is 13.6. The van der Waals surface area contributed by atoms with Crippen LogP contribution in [0.25, 0.3) is 16.9 Å². The van der Waals surface area contributed by atoms with E-state index in [-0.39, 0.29) is 5.91 Å². The SMILES string of the molecule is CC(C)(C)C(=O)Nc1c(-c2ccc(F)c(F)c2)nc2ccccn12. The molecule has 0 atom stereocenters. The van der Waals surface area contributed by atoms with Crippen LogP contribution >= 0.6 is 0 Å². The van der Waals surface area contributed by atoms with Gasteiger partial charge in [0.2, 0.25) is 5.91 Å². The Hall–Kier alpha value is -2.76. The smallest absolute Gasteiger partial charge is 0.230 e. The molecule has 2 heterocycles. The number of amides is 1. The molecule has 0 radical (unpaired) electrons. The van der Waals surface area contributed by atoms with Gasteiger partial charge in [-0.15, -0.1) is 0 Å². The zero-order valence-electron chi connectivity index (χ0n) is 13.6. The number of carbonyl (C=O) groups excluding carboxylic acids is 1. The Morgan fingerprint density at radius 2 is 1.88 bits per heavy atom. The summed E-state index contributed by atoms with van der Waals surface area (Å²) in [7, 11) is 0. The summed E-state index contributed by atoms with van der Waals surface area (Å²) in [6.45, 7) is 5.38. The van der Waals surface area contributed by atoms with Crippen molar-refractivity contribution in [3.05, 3.63) is 54.2 Å². The van der Waals surface area contributed by atoms with Gasteiger partial charge in [-0.05, 0) is 30.3 Å². The van der Waals surface area contributed by atoms with Crippen LogP contribution in [0.2, 0.25) is 0 Å². The summed E-state index contributed by atoms with van der Waals surface area (Å²) in [5.41, 5.74) is 0.769. The summed E-state index contributed by atoms with van der Waals surface area (Å²) in [4.78, 5) is 16.8. The van der Waals surface area contributed by atoms with E-state index in [0.29, 0.717) is 22.7 Å². The van der Waals surface area contributed by atoms with E-state index < -0.39 is 17.0 Å². The third kappa shape index (κ3) is 2.87. The monoisotopic (exact) mass is 329 g/mol. The molecule has 0 aliphatic heterocycles. The van der Waals surface area contributed by atoms with Crippen molar-refractivity contribution in [1.82, 2.24) is 9.38 Å². The molecule has 0 saturated carbocycles. The summed E-state index contributed by atoms with van der Waals surface area (Å²) < 4.78 is 28.5. The Kier molecular flexibility index (Phi) is 3.83.